The molecule has 2 aromatic rings. The number of ether oxygens (including phenoxy) is 1. The molecule has 7 heteroatoms. The van der Waals surface area contributed by atoms with Gasteiger partial charge in [0.2, 0.25) is 0 Å². The van der Waals surface area contributed by atoms with E-state index in [1.807, 2.05) is 0 Å². The Morgan fingerprint density at radius 3 is 2.96 bits per heavy atom. The van der Waals surface area contributed by atoms with Gasteiger partial charge in [-0.05, 0) is 31.0 Å². The zero-order valence-electron chi connectivity index (χ0n) is 13.6. The second-order valence-corrected chi connectivity index (χ2v) is 7.55. The Bertz CT molecular complexity index is 850. The standard InChI is InChI=1S/C18H18BrFN2O3/c19-10-6-13(20)12-8-15(21-14(12)7-10)18(24)22-4-5-25-9-16(22)11-2-1-3-17(11)23/h6-8,11,16,21H,1-5,9H2/t11-,16+/m1/s1. The fraction of sp³-hybridized carbons (Fsp3) is 0.444. The number of benzene rings is 1. The molecule has 2 fully saturated rings. The van der Waals surface area contributed by atoms with E-state index in [-0.39, 0.29) is 29.5 Å². The van der Waals surface area contributed by atoms with Crippen LogP contribution in [0.15, 0.2) is 22.7 Å². The molecular weight excluding hydrogens is 391 g/mol. The highest BCUT2D eigenvalue weighted by molar-refractivity contribution is 9.10. The van der Waals surface area contributed by atoms with Crippen molar-refractivity contribution in [3.8, 4) is 0 Å². The molecule has 0 bridgehead atoms. The number of hydrogen-bond acceptors (Lipinski definition) is 3. The monoisotopic (exact) mass is 408 g/mol. The molecule has 2 atom stereocenters. The molecule has 25 heavy (non-hydrogen) atoms. The molecular formula is C18H18BrFN2O3. The molecule has 1 aliphatic heterocycles. The van der Waals surface area contributed by atoms with E-state index in [4.69, 9.17) is 4.74 Å². The maximum atomic E-state index is 14.1. The maximum Gasteiger partial charge on any atom is 0.270 e. The molecule has 2 heterocycles. The molecule has 4 rings (SSSR count). The molecule has 1 aromatic heterocycles. The van der Waals surface area contributed by atoms with Crippen molar-refractivity contribution in [3.05, 3.63) is 34.2 Å². The molecule has 1 saturated carbocycles. The summed E-state index contributed by atoms with van der Waals surface area (Å²) in [4.78, 5) is 29.9. The summed E-state index contributed by atoms with van der Waals surface area (Å²) in [6.45, 7) is 1.26. The Kier molecular flexibility index (Phi) is 4.37. The molecule has 1 N–H and O–H groups in total. The lowest BCUT2D eigenvalue weighted by Crippen LogP contribution is -2.53. The van der Waals surface area contributed by atoms with E-state index in [2.05, 4.69) is 20.9 Å². The topological polar surface area (TPSA) is 62.4 Å². The van der Waals surface area contributed by atoms with Crippen molar-refractivity contribution in [1.29, 1.82) is 0 Å². The van der Waals surface area contributed by atoms with Gasteiger partial charge in [0.1, 0.15) is 17.3 Å². The number of H-pyrrole nitrogens is 1. The van der Waals surface area contributed by atoms with Crippen LogP contribution in [0.5, 0.6) is 0 Å². The summed E-state index contributed by atoms with van der Waals surface area (Å²) in [6, 6.07) is 4.42. The number of hydrogen-bond donors (Lipinski definition) is 1. The molecule has 1 aromatic carbocycles. The van der Waals surface area contributed by atoms with Gasteiger partial charge in [-0.3, -0.25) is 9.59 Å². The fourth-order valence-electron chi connectivity index (χ4n) is 3.89. The van der Waals surface area contributed by atoms with Crippen LogP contribution < -0.4 is 0 Å². The molecule has 0 unspecified atom stereocenters. The van der Waals surface area contributed by atoms with Gasteiger partial charge < -0.3 is 14.6 Å². The van der Waals surface area contributed by atoms with Gasteiger partial charge in [-0.1, -0.05) is 15.9 Å². The quantitative estimate of drug-likeness (QED) is 0.828. The first kappa shape index (κ1) is 16.7. The number of rotatable bonds is 2. The van der Waals surface area contributed by atoms with Crippen molar-refractivity contribution < 1.29 is 18.7 Å². The minimum Gasteiger partial charge on any atom is -0.377 e. The normalized spacial score (nSPS) is 24.2. The number of Topliss-reactive ketones (excluding diaryl/α,β-unsaturated/α-hetero) is 1. The van der Waals surface area contributed by atoms with Crippen LogP contribution >= 0.6 is 15.9 Å². The van der Waals surface area contributed by atoms with Crippen molar-refractivity contribution in [1.82, 2.24) is 9.88 Å². The van der Waals surface area contributed by atoms with E-state index in [9.17, 15) is 14.0 Å². The van der Waals surface area contributed by atoms with Crippen molar-refractivity contribution in [2.45, 2.75) is 25.3 Å². The van der Waals surface area contributed by atoms with Crippen LogP contribution in [0.1, 0.15) is 29.8 Å². The van der Waals surface area contributed by atoms with Crippen LogP contribution in [0, 0.1) is 11.7 Å². The van der Waals surface area contributed by atoms with Crippen molar-refractivity contribution in [2.24, 2.45) is 5.92 Å². The summed E-state index contributed by atoms with van der Waals surface area (Å²) in [5.74, 6) is -0.539. The third kappa shape index (κ3) is 3.00. The molecule has 1 aliphatic carbocycles. The molecule has 2 aliphatic rings. The first-order valence-electron chi connectivity index (χ1n) is 8.44. The molecule has 132 valence electrons. The Hall–Kier alpha value is -1.73. The van der Waals surface area contributed by atoms with E-state index in [0.717, 1.165) is 12.8 Å². The second-order valence-electron chi connectivity index (χ2n) is 6.64. The first-order valence-corrected chi connectivity index (χ1v) is 9.23. The SMILES string of the molecule is O=C1CCC[C@@H]1[C@@H]1COCCN1C(=O)c1cc2c(F)cc(Br)cc2[nH]1. The van der Waals surface area contributed by atoms with Gasteiger partial charge in [-0.15, -0.1) is 0 Å². The van der Waals surface area contributed by atoms with Crippen molar-refractivity contribution in [2.75, 3.05) is 19.8 Å². The summed E-state index contributed by atoms with van der Waals surface area (Å²) >= 11 is 3.26. The number of aromatic amines is 1. The van der Waals surface area contributed by atoms with Crippen LogP contribution in [0.25, 0.3) is 10.9 Å². The summed E-state index contributed by atoms with van der Waals surface area (Å²) in [6.07, 6.45) is 2.24. The van der Waals surface area contributed by atoms with Crippen molar-refractivity contribution >= 4 is 38.5 Å². The third-order valence-electron chi connectivity index (χ3n) is 5.13. The van der Waals surface area contributed by atoms with Crippen LogP contribution in [-0.4, -0.2) is 47.4 Å². The van der Waals surface area contributed by atoms with E-state index in [1.165, 1.54) is 6.07 Å². The third-order valence-corrected chi connectivity index (χ3v) is 5.58. The Morgan fingerprint density at radius 2 is 2.20 bits per heavy atom. The van der Waals surface area contributed by atoms with Gasteiger partial charge in [0.25, 0.3) is 5.91 Å². The van der Waals surface area contributed by atoms with Crippen LogP contribution in [0.2, 0.25) is 0 Å². The van der Waals surface area contributed by atoms with Gasteiger partial charge in [0.15, 0.2) is 0 Å². The maximum absolute atomic E-state index is 14.1. The number of nitrogens with zero attached hydrogens (tertiary/aromatic N) is 1. The largest absolute Gasteiger partial charge is 0.377 e. The van der Waals surface area contributed by atoms with Gasteiger partial charge in [0, 0.05) is 28.7 Å². The summed E-state index contributed by atoms with van der Waals surface area (Å²) in [7, 11) is 0. The molecule has 0 spiro atoms. The number of amides is 1. The lowest BCUT2D eigenvalue weighted by Gasteiger charge is -2.38. The number of morpholine rings is 1. The Labute approximate surface area is 152 Å². The van der Waals surface area contributed by atoms with Gasteiger partial charge in [0.05, 0.1) is 24.8 Å². The van der Waals surface area contributed by atoms with E-state index >= 15 is 0 Å². The van der Waals surface area contributed by atoms with Crippen molar-refractivity contribution in [3.63, 3.8) is 0 Å². The molecule has 5 nitrogen and oxygen atoms in total. The highest BCUT2D eigenvalue weighted by Crippen LogP contribution is 2.31. The lowest BCUT2D eigenvalue weighted by atomic mass is 9.95. The predicted octanol–water partition coefficient (Wildman–Crippen LogP) is 3.28. The number of carbonyl (C=O) groups is 2. The van der Waals surface area contributed by atoms with Crippen LogP contribution in [-0.2, 0) is 9.53 Å². The average Bonchev–Trinajstić information content (AvgIpc) is 3.20. The summed E-state index contributed by atoms with van der Waals surface area (Å²) in [5, 5.41) is 0.383. The molecule has 1 amide bonds. The second kappa shape index (κ2) is 6.53. The Balaban J connectivity index is 1.66. The fourth-order valence-corrected chi connectivity index (χ4v) is 4.32. The smallest absolute Gasteiger partial charge is 0.270 e. The van der Waals surface area contributed by atoms with Gasteiger partial charge in [-0.25, -0.2) is 4.39 Å². The molecule has 0 radical (unpaired) electrons. The highest BCUT2D eigenvalue weighted by atomic mass is 79.9. The average molecular weight is 409 g/mol. The number of nitrogens with one attached hydrogen (secondary N) is 1. The van der Waals surface area contributed by atoms with E-state index in [0.29, 0.717) is 47.2 Å². The number of aromatic nitrogens is 1. The summed E-state index contributed by atoms with van der Waals surface area (Å²) < 4.78 is 20.2. The number of carbonyl (C=O) groups excluding carboxylic acids is 2. The zero-order chi connectivity index (χ0) is 17.6. The lowest BCUT2D eigenvalue weighted by molar-refractivity contribution is -0.124. The van der Waals surface area contributed by atoms with Crippen LogP contribution in [0.3, 0.4) is 0 Å². The van der Waals surface area contributed by atoms with Crippen LogP contribution in [0.4, 0.5) is 4.39 Å². The summed E-state index contributed by atoms with van der Waals surface area (Å²) in [5.41, 5.74) is 0.904. The van der Waals surface area contributed by atoms with E-state index in [1.54, 1.807) is 17.0 Å². The number of fused-ring (bicyclic) bond motifs is 1. The number of halogens is 2. The molecule has 1 saturated heterocycles. The van der Waals surface area contributed by atoms with Gasteiger partial charge in [-0.2, -0.15) is 0 Å². The highest BCUT2D eigenvalue weighted by Gasteiger charge is 2.39. The predicted molar refractivity (Wildman–Crippen MR) is 93.9 cm³/mol. The number of ketones is 1. The van der Waals surface area contributed by atoms with E-state index < -0.39 is 0 Å². The zero-order valence-corrected chi connectivity index (χ0v) is 15.1. The minimum atomic E-state index is -0.385. The first-order chi connectivity index (χ1) is 12.0. The van der Waals surface area contributed by atoms with Gasteiger partial charge >= 0.3 is 0 Å². The minimum absolute atomic E-state index is 0.153. The Morgan fingerprint density at radius 1 is 1.36 bits per heavy atom.